The first-order valence-electron chi connectivity index (χ1n) is 9.15. The Morgan fingerprint density at radius 3 is 2.17 bits per heavy atom. The number of hydrogen-bond acceptors (Lipinski definition) is 1. The van der Waals surface area contributed by atoms with Crippen LogP contribution in [0.3, 0.4) is 0 Å². The first-order valence-corrected chi connectivity index (χ1v) is 9.15. The Morgan fingerprint density at radius 2 is 1.46 bits per heavy atom. The van der Waals surface area contributed by atoms with Gasteiger partial charge < -0.3 is 4.74 Å². The molecule has 4 aliphatic rings. The molecule has 0 atom stereocenters. The van der Waals surface area contributed by atoms with Gasteiger partial charge in [-0.05, 0) is 99.2 Å². The van der Waals surface area contributed by atoms with Crippen LogP contribution in [0.1, 0.15) is 59.7 Å². The molecule has 2 aromatic rings. The van der Waals surface area contributed by atoms with Crippen LogP contribution in [-0.4, -0.2) is 5.60 Å². The highest BCUT2D eigenvalue weighted by atomic mass is 16.5. The molecule has 0 unspecified atom stereocenters. The predicted octanol–water partition coefficient (Wildman–Crippen LogP) is 5.50. The maximum absolute atomic E-state index is 6.10. The van der Waals surface area contributed by atoms with Gasteiger partial charge in [0.15, 0.2) is 0 Å². The number of aryl methyl sites for hydroxylation is 6. The quantitative estimate of drug-likeness (QED) is 0.709. The van der Waals surface area contributed by atoms with E-state index in [9.17, 15) is 0 Å². The van der Waals surface area contributed by atoms with Crippen molar-refractivity contribution in [1.29, 1.82) is 0 Å². The molecule has 1 heteroatoms. The number of ether oxygens (including phenoxy) is 1. The van der Waals surface area contributed by atoms with Crippen LogP contribution < -0.4 is 0 Å². The van der Waals surface area contributed by atoms with Gasteiger partial charge in [-0.2, -0.15) is 0 Å². The maximum atomic E-state index is 6.10. The monoisotopic (exact) mass is 322 g/mol. The van der Waals surface area contributed by atoms with Crippen LogP contribution in [0, 0.1) is 13.8 Å². The third-order valence-corrected chi connectivity index (χ3v) is 5.07. The van der Waals surface area contributed by atoms with Crippen molar-refractivity contribution in [3.8, 4) is 0 Å². The summed E-state index contributed by atoms with van der Waals surface area (Å²) in [5.41, 5.74) is 9.98. The van der Waals surface area contributed by atoms with Gasteiger partial charge in [-0.15, -0.1) is 0 Å². The highest BCUT2D eigenvalue weighted by molar-refractivity contribution is 5.41. The van der Waals surface area contributed by atoms with Crippen molar-refractivity contribution < 1.29 is 4.74 Å². The summed E-state index contributed by atoms with van der Waals surface area (Å²) in [6.45, 7) is 11.6. The summed E-state index contributed by atoms with van der Waals surface area (Å²) in [7, 11) is 0. The average molecular weight is 322 g/mol. The van der Waals surface area contributed by atoms with Gasteiger partial charge in [0, 0.05) is 0 Å². The molecular formula is C23H30O. The Hall–Kier alpha value is -1.60. The van der Waals surface area contributed by atoms with Crippen molar-refractivity contribution >= 4 is 0 Å². The number of rotatable bonds is 2. The summed E-state index contributed by atoms with van der Waals surface area (Å²) < 4.78 is 6.10. The molecular weight excluding hydrogens is 292 g/mol. The molecule has 0 aliphatic heterocycles. The van der Waals surface area contributed by atoms with E-state index in [1.54, 1.807) is 0 Å². The van der Waals surface area contributed by atoms with Crippen LogP contribution in [0.4, 0.5) is 0 Å². The molecule has 0 heterocycles. The Kier molecular flexibility index (Phi) is 4.83. The minimum atomic E-state index is -0.0977. The zero-order valence-corrected chi connectivity index (χ0v) is 15.8. The second kappa shape index (κ2) is 6.72. The summed E-state index contributed by atoms with van der Waals surface area (Å²) in [6, 6.07) is 11.8. The topological polar surface area (TPSA) is 9.23 Å². The fraction of sp³-hybridized carbons (Fsp3) is 0.478. The Balaban J connectivity index is 1.96. The zero-order chi connectivity index (χ0) is 17.3. The first-order chi connectivity index (χ1) is 11.3. The molecule has 0 saturated carbocycles. The van der Waals surface area contributed by atoms with Crippen LogP contribution in [0.15, 0.2) is 30.3 Å². The molecule has 4 bridgehead atoms. The van der Waals surface area contributed by atoms with Crippen LogP contribution in [-0.2, 0) is 37.0 Å². The molecule has 0 saturated heterocycles. The third kappa shape index (κ3) is 4.08. The molecule has 0 radical (unpaired) electrons. The van der Waals surface area contributed by atoms with E-state index in [4.69, 9.17) is 4.74 Å². The normalized spacial score (nSPS) is 14.5. The molecule has 0 N–H and O–H groups in total. The van der Waals surface area contributed by atoms with Crippen molar-refractivity contribution in [3.05, 3.63) is 69.3 Å². The molecule has 0 fully saturated rings. The summed E-state index contributed by atoms with van der Waals surface area (Å²) in [4.78, 5) is 0. The molecule has 24 heavy (non-hydrogen) atoms. The minimum Gasteiger partial charge on any atom is -0.371 e. The smallest absolute Gasteiger partial charge is 0.0726 e. The lowest BCUT2D eigenvalue weighted by molar-refractivity contribution is -0.0152. The third-order valence-electron chi connectivity index (χ3n) is 5.07. The van der Waals surface area contributed by atoms with E-state index < -0.39 is 0 Å². The van der Waals surface area contributed by atoms with Gasteiger partial charge in [0.2, 0.25) is 0 Å². The van der Waals surface area contributed by atoms with E-state index in [1.807, 2.05) is 0 Å². The van der Waals surface area contributed by atoms with Crippen molar-refractivity contribution in [2.75, 3.05) is 0 Å². The summed E-state index contributed by atoms with van der Waals surface area (Å²) >= 11 is 0. The Labute approximate surface area is 147 Å². The predicted molar refractivity (Wildman–Crippen MR) is 102 cm³/mol. The van der Waals surface area contributed by atoms with Crippen molar-refractivity contribution in [2.45, 2.75) is 72.5 Å². The van der Waals surface area contributed by atoms with E-state index in [0.717, 1.165) is 25.7 Å². The molecule has 128 valence electrons. The van der Waals surface area contributed by atoms with Crippen LogP contribution in [0.25, 0.3) is 0 Å². The molecule has 0 spiro atoms. The van der Waals surface area contributed by atoms with E-state index in [1.165, 1.54) is 38.9 Å². The maximum Gasteiger partial charge on any atom is 0.0726 e. The lowest BCUT2D eigenvalue weighted by Gasteiger charge is -2.22. The Bertz CT molecular complexity index is 734. The van der Waals surface area contributed by atoms with E-state index in [-0.39, 0.29) is 5.60 Å². The van der Waals surface area contributed by atoms with Gasteiger partial charge in [-0.25, -0.2) is 0 Å². The summed E-state index contributed by atoms with van der Waals surface area (Å²) in [6.07, 6.45) is 4.41. The highest BCUT2D eigenvalue weighted by Crippen LogP contribution is 2.25. The molecule has 1 nitrogen and oxygen atoms in total. The SMILES string of the molecule is Cc1cc2c(COC(C)(C)C)cc1CCc1ccc(c(C)c1)CC2. The van der Waals surface area contributed by atoms with Gasteiger partial charge in [0.1, 0.15) is 0 Å². The van der Waals surface area contributed by atoms with Crippen molar-refractivity contribution in [1.82, 2.24) is 0 Å². The van der Waals surface area contributed by atoms with Crippen LogP contribution in [0.5, 0.6) is 0 Å². The van der Waals surface area contributed by atoms with E-state index >= 15 is 0 Å². The van der Waals surface area contributed by atoms with Crippen molar-refractivity contribution in [2.24, 2.45) is 0 Å². The fourth-order valence-electron chi connectivity index (χ4n) is 3.54. The van der Waals surface area contributed by atoms with Crippen LogP contribution in [0.2, 0.25) is 0 Å². The summed E-state index contributed by atoms with van der Waals surface area (Å²) in [5, 5.41) is 0. The molecule has 0 aromatic heterocycles. The molecule has 0 amide bonds. The highest BCUT2D eigenvalue weighted by Gasteiger charge is 2.15. The standard InChI is InChI=1S/C23H30O/c1-16-12-18-6-8-19(16)10-11-21-13-17(2)20(9-7-18)14-22(21)15-24-23(3,4)5/h6,8,12-14H,7,9-11,15H2,1-5H3. The van der Waals surface area contributed by atoms with Crippen molar-refractivity contribution in [3.63, 3.8) is 0 Å². The van der Waals surface area contributed by atoms with Gasteiger partial charge in [-0.1, -0.05) is 30.3 Å². The van der Waals surface area contributed by atoms with Gasteiger partial charge in [0.05, 0.1) is 12.2 Å². The number of benzene rings is 2. The largest absolute Gasteiger partial charge is 0.371 e. The fourth-order valence-corrected chi connectivity index (χ4v) is 3.54. The Morgan fingerprint density at radius 1 is 0.792 bits per heavy atom. The first kappa shape index (κ1) is 17.2. The summed E-state index contributed by atoms with van der Waals surface area (Å²) in [5.74, 6) is 0. The molecule has 4 aliphatic carbocycles. The van der Waals surface area contributed by atoms with Crippen LogP contribution >= 0.6 is 0 Å². The lowest BCUT2D eigenvalue weighted by Crippen LogP contribution is -2.19. The molecule has 2 aromatic carbocycles. The zero-order valence-electron chi connectivity index (χ0n) is 15.8. The van der Waals surface area contributed by atoms with E-state index in [2.05, 4.69) is 65.0 Å². The van der Waals surface area contributed by atoms with Gasteiger partial charge in [0.25, 0.3) is 0 Å². The van der Waals surface area contributed by atoms with E-state index in [0.29, 0.717) is 6.61 Å². The van der Waals surface area contributed by atoms with Gasteiger partial charge in [-0.3, -0.25) is 0 Å². The second-order valence-electron chi connectivity index (χ2n) is 8.21. The second-order valence-corrected chi connectivity index (χ2v) is 8.21. The average Bonchev–Trinajstić information content (AvgIpc) is 2.49. The lowest BCUT2D eigenvalue weighted by atomic mass is 9.89. The minimum absolute atomic E-state index is 0.0977. The number of hydrogen-bond donors (Lipinski definition) is 0. The van der Waals surface area contributed by atoms with Gasteiger partial charge >= 0.3 is 0 Å². The molecule has 6 rings (SSSR count).